The third-order valence-corrected chi connectivity index (χ3v) is 8.80. The van der Waals surface area contributed by atoms with Crippen LogP contribution in [0.25, 0.3) is 0 Å². The highest BCUT2D eigenvalue weighted by Gasteiger charge is 2.43. The smallest absolute Gasteiger partial charge is 0.220 e. The number of aryl methyl sites for hydroxylation is 1. The molecule has 5 rings (SSSR count). The van der Waals surface area contributed by atoms with Gasteiger partial charge in [-0.3, -0.25) is 4.79 Å². The third-order valence-electron chi connectivity index (χ3n) is 7.45. The van der Waals surface area contributed by atoms with Gasteiger partial charge in [0.05, 0.1) is 0 Å². The lowest BCUT2D eigenvalue weighted by Gasteiger charge is -2.46. The molecule has 0 spiro atoms. The lowest BCUT2D eigenvalue weighted by atomic mass is 9.64. The van der Waals surface area contributed by atoms with E-state index in [0.29, 0.717) is 24.2 Å². The molecule has 2 aliphatic rings. The van der Waals surface area contributed by atoms with Gasteiger partial charge in [-0.1, -0.05) is 47.5 Å². The van der Waals surface area contributed by atoms with E-state index >= 15 is 0 Å². The first-order chi connectivity index (χ1) is 16.1. The molecule has 1 aliphatic heterocycles. The van der Waals surface area contributed by atoms with E-state index in [1.54, 1.807) is 11.3 Å². The van der Waals surface area contributed by atoms with Gasteiger partial charge in [0.15, 0.2) is 0 Å². The maximum atomic E-state index is 12.5. The van der Waals surface area contributed by atoms with Gasteiger partial charge < -0.3 is 5.32 Å². The molecule has 3 nitrogen and oxygen atoms in total. The average molecular weight is 500 g/mol. The van der Waals surface area contributed by atoms with Gasteiger partial charge >= 0.3 is 0 Å². The van der Waals surface area contributed by atoms with Gasteiger partial charge in [0.25, 0.3) is 0 Å². The van der Waals surface area contributed by atoms with Gasteiger partial charge in [-0.15, -0.1) is 11.3 Å². The molecular weight excluding hydrogens is 471 g/mol. The zero-order valence-electron chi connectivity index (χ0n) is 18.4. The van der Waals surface area contributed by atoms with Crippen molar-refractivity contribution in [3.8, 4) is 0 Å². The fraction of sp³-hybridized carbons (Fsp3) is 0.407. The van der Waals surface area contributed by atoms with Crippen molar-refractivity contribution >= 4 is 40.4 Å². The highest BCUT2D eigenvalue weighted by molar-refractivity contribution is 7.09. The fourth-order valence-corrected chi connectivity index (χ4v) is 7.13. The molecule has 1 N–H and O–H groups in total. The molecular formula is C27H28Cl2N2OS. The quantitative estimate of drug-likeness (QED) is 0.392. The molecule has 0 radical (unpaired) electrons. The second-order valence-corrected chi connectivity index (χ2v) is 11.2. The molecule has 2 heterocycles. The highest BCUT2D eigenvalue weighted by Crippen LogP contribution is 2.47. The summed E-state index contributed by atoms with van der Waals surface area (Å²) in [6, 6.07) is 16.7. The monoisotopic (exact) mass is 498 g/mol. The number of nitrogens with one attached hydrogen (secondary N) is 1. The van der Waals surface area contributed by atoms with E-state index < -0.39 is 0 Å². The molecule has 3 aromatic rings. The molecule has 5 atom stereocenters. The number of fused-ring (bicyclic) bond motifs is 1. The molecule has 1 aromatic heterocycles. The number of piperidine rings is 1. The van der Waals surface area contributed by atoms with E-state index in [9.17, 15) is 4.79 Å². The molecule has 5 unspecified atom stereocenters. The van der Waals surface area contributed by atoms with Crippen molar-refractivity contribution in [3.63, 3.8) is 0 Å². The van der Waals surface area contributed by atoms with Gasteiger partial charge in [-0.2, -0.15) is 0 Å². The summed E-state index contributed by atoms with van der Waals surface area (Å²) in [6.45, 7) is 0. The van der Waals surface area contributed by atoms with Crippen LogP contribution in [0.3, 0.4) is 0 Å². The standard InChI is InChI=1S/C27H28Cl2N2OS/c28-21-9-6-18(7-10-21)26(27-30-12-13-33-27)20-8-11-24-23(15-20)19(16-25(32)31-24)5-4-17-2-1-3-22(29)14-17/h1-3,6-7,9-10,12-14,19-20,23-24,26H,4-5,8,11,15-16H2,(H,31,32). The van der Waals surface area contributed by atoms with E-state index in [0.717, 1.165) is 42.1 Å². The Morgan fingerprint density at radius 2 is 1.94 bits per heavy atom. The van der Waals surface area contributed by atoms with Gasteiger partial charge in [0.1, 0.15) is 5.01 Å². The van der Waals surface area contributed by atoms with Crippen LogP contribution in [-0.2, 0) is 11.2 Å². The number of hydrogen-bond donors (Lipinski definition) is 1. The van der Waals surface area contributed by atoms with Crippen LogP contribution in [0.4, 0.5) is 0 Å². The van der Waals surface area contributed by atoms with E-state index in [-0.39, 0.29) is 17.9 Å². The predicted molar refractivity (Wildman–Crippen MR) is 136 cm³/mol. The summed E-state index contributed by atoms with van der Waals surface area (Å²) in [5.41, 5.74) is 2.53. The van der Waals surface area contributed by atoms with Crippen molar-refractivity contribution in [2.75, 3.05) is 0 Å². The summed E-state index contributed by atoms with van der Waals surface area (Å²) in [5, 5.41) is 8.09. The molecule has 1 saturated heterocycles. The summed E-state index contributed by atoms with van der Waals surface area (Å²) in [5.74, 6) is 1.87. The number of thiazole rings is 1. The molecule has 1 saturated carbocycles. The van der Waals surface area contributed by atoms with Crippen LogP contribution < -0.4 is 5.32 Å². The maximum absolute atomic E-state index is 12.5. The SMILES string of the molecule is O=C1CC(CCc2cccc(Cl)c2)C2CC(C(c3ccc(Cl)cc3)c3nccs3)CCC2N1. The van der Waals surface area contributed by atoms with Crippen LogP contribution in [0.15, 0.2) is 60.1 Å². The lowest BCUT2D eigenvalue weighted by Crippen LogP contribution is -2.52. The summed E-state index contributed by atoms with van der Waals surface area (Å²) in [6.07, 6.45) is 7.74. The minimum absolute atomic E-state index is 0.208. The molecule has 0 bridgehead atoms. The molecule has 6 heteroatoms. The zero-order chi connectivity index (χ0) is 22.8. The van der Waals surface area contributed by atoms with Crippen LogP contribution in [0, 0.1) is 17.8 Å². The Morgan fingerprint density at radius 3 is 2.70 bits per heavy atom. The largest absolute Gasteiger partial charge is 0.353 e. The van der Waals surface area contributed by atoms with E-state index in [1.807, 2.05) is 36.5 Å². The fourth-order valence-electron chi connectivity index (χ4n) is 5.93. The lowest BCUT2D eigenvalue weighted by molar-refractivity contribution is -0.127. The van der Waals surface area contributed by atoms with Crippen molar-refractivity contribution in [2.24, 2.45) is 17.8 Å². The minimum atomic E-state index is 0.208. The Kier molecular flexibility index (Phi) is 7.05. The summed E-state index contributed by atoms with van der Waals surface area (Å²) >= 11 is 14.1. The Bertz CT molecular complexity index is 1090. The van der Waals surface area contributed by atoms with Crippen molar-refractivity contribution in [2.45, 2.75) is 50.5 Å². The van der Waals surface area contributed by atoms with Crippen LogP contribution in [0.5, 0.6) is 0 Å². The van der Waals surface area contributed by atoms with Gasteiger partial charge in [0, 0.05) is 40.0 Å². The van der Waals surface area contributed by atoms with E-state index in [2.05, 4.69) is 28.9 Å². The number of benzene rings is 2. The molecule has 172 valence electrons. The van der Waals surface area contributed by atoms with Gasteiger partial charge in [0.2, 0.25) is 5.91 Å². The first-order valence-electron chi connectivity index (χ1n) is 11.8. The molecule has 2 aromatic carbocycles. The molecule has 33 heavy (non-hydrogen) atoms. The number of aromatic nitrogens is 1. The number of halogens is 2. The predicted octanol–water partition coefficient (Wildman–Crippen LogP) is 7.14. The van der Waals surface area contributed by atoms with Gasteiger partial charge in [-0.05, 0) is 85.3 Å². The molecule has 1 amide bonds. The topological polar surface area (TPSA) is 42.0 Å². The number of rotatable bonds is 6. The summed E-state index contributed by atoms with van der Waals surface area (Å²) in [4.78, 5) is 17.2. The highest BCUT2D eigenvalue weighted by atomic mass is 35.5. The van der Waals surface area contributed by atoms with Crippen molar-refractivity contribution < 1.29 is 4.79 Å². The van der Waals surface area contributed by atoms with Crippen molar-refractivity contribution in [1.82, 2.24) is 10.3 Å². The molecule has 2 fully saturated rings. The second-order valence-electron chi connectivity index (χ2n) is 9.44. The summed E-state index contributed by atoms with van der Waals surface area (Å²) in [7, 11) is 0. The van der Waals surface area contributed by atoms with Crippen LogP contribution in [0.2, 0.25) is 10.0 Å². The Morgan fingerprint density at radius 1 is 1.09 bits per heavy atom. The maximum Gasteiger partial charge on any atom is 0.220 e. The zero-order valence-corrected chi connectivity index (χ0v) is 20.8. The average Bonchev–Trinajstić information content (AvgIpc) is 3.33. The van der Waals surface area contributed by atoms with E-state index in [1.165, 1.54) is 16.1 Å². The second kappa shape index (κ2) is 10.2. The van der Waals surface area contributed by atoms with Crippen molar-refractivity contribution in [3.05, 3.63) is 86.3 Å². The first-order valence-corrected chi connectivity index (χ1v) is 13.4. The summed E-state index contributed by atoms with van der Waals surface area (Å²) < 4.78 is 0. The minimum Gasteiger partial charge on any atom is -0.353 e. The number of carbonyl (C=O) groups excluding carboxylic acids is 1. The van der Waals surface area contributed by atoms with Crippen LogP contribution >= 0.6 is 34.5 Å². The van der Waals surface area contributed by atoms with Crippen LogP contribution in [0.1, 0.15) is 54.2 Å². The number of nitrogens with zero attached hydrogens (tertiary/aromatic N) is 1. The third kappa shape index (κ3) is 5.29. The molecule has 1 aliphatic carbocycles. The number of carbonyl (C=O) groups is 1. The number of amides is 1. The van der Waals surface area contributed by atoms with Crippen LogP contribution in [-0.4, -0.2) is 16.9 Å². The normalized spacial score (nSPS) is 25.8. The first kappa shape index (κ1) is 22.9. The van der Waals surface area contributed by atoms with E-state index in [4.69, 9.17) is 28.2 Å². The Labute approximate surface area is 209 Å². The van der Waals surface area contributed by atoms with Gasteiger partial charge in [-0.25, -0.2) is 4.98 Å². The van der Waals surface area contributed by atoms with Crippen molar-refractivity contribution in [1.29, 1.82) is 0 Å². The Balaban J connectivity index is 1.37. The Hall–Kier alpha value is -1.88. The number of hydrogen-bond acceptors (Lipinski definition) is 3.